The van der Waals surface area contributed by atoms with Crippen LogP contribution < -0.4 is 5.32 Å². The van der Waals surface area contributed by atoms with E-state index >= 15 is 0 Å². The Kier molecular flexibility index (Phi) is 3.03. The van der Waals surface area contributed by atoms with E-state index in [1.807, 2.05) is 6.92 Å². The molecule has 1 amide bonds. The number of fused-ring (bicyclic) bond motifs is 1. The van der Waals surface area contributed by atoms with Crippen molar-refractivity contribution in [3.8, 4) is 0 Å². The number of aromatic nitrogens is 5. The van der Waals surface area contributed by atoms with Crippen LogP contribution in [0.5, 0.6) is 0 Å². The van der Waals surface area contributed by atoms with Gasteiger partial charge in [-0.25, -0.2) is 4.98 Å². The van der Waals surface area contributed by atoms with Gasteiger partial charge in [0, 0.05) is 11.9 Å². The maximum Gasteiger partial charge on any atom is 0.259 e. The van der Waals surface area contributed by atoms with Crippen LogP contribution in [0.25, 0.3) is 11.2 Å². The topological polar surface area (TPSA) is 96.5 Å². The number of hydrogen-bond donors (Lipinski definition) is 2. The fourth-order valence-electron chi connectivity index (χ4n) is 1.63. The van der Waals surface area contributed by atoms with Crippen molar-refractivity contribution in [3.63, 3.8) is 0 Å². The number of aryl methyl sites for hydroxylation is 1. The summed E-state index contributed by atoms with van der Waals surface area (Å²) in [5.74, 6) is -0.261. The summed E-state index contributed by atoms with van der Waals surface area (Å²) >= 11 is 5.97. The molecule has 0 bridgehead atoms. The van der Waals surface area contributed by atoms with E-state index < -0.39 is 0 Å². The molecule has 0 atom stereocenters. The number of rotatable bonds is 2. The number of nitrogens with zero attached hydrogens (tertiary/aromatic N) is 4. The number of carbonyl (C=O) groups excluding carboxylic acids is 1. The number of amides is 1. The van der Waals surface area contributed by atoms with Gasteiger partial charge in [-0.05, 0) is 19.1 Å². The molecule has 0 unspecified atom stereocenters. The second kappa shape index (κ2) is 4.86. The molecule has 0 aliphatic heterocycles. The minimum Gasteiger partial charge on any atom is -0.341 e. The first-order valence-electron chi connectivity index (χ1n) is 5.74. The molecule has 3 rings (SSSR count). The zero-order valence-electron chi connectivity index (χ0n) is 10.4. The normalized spacial score (nSPS) is 10.7. The Bertz CT molecular complexity index is 782. The molecule has 3 aromatic heterocycles. The highest BCUT2D eigenvalue weighted by Crippen LogP contribution is 2.18. The second-order valence-electron chi connectivity index (χ2n) is 4.08. The molecule has 20 heavy (non-hydrogen) atoms. The van der Waals surface area contributed by atoms with E-state index in [2.05, 4.69) is 30.2 Å². The molecule has 0 aromatic carbocycles. The Hall–Kier alpha value is -2.54. The summed E-state index contributed by atoms with van der Waals surface area (Å²) in [6, 6.07) is 3.42. The summed E-state index contributed by atoms with van der Waals surface area (Å²) < 4.78 is 0. The quantitative estimate of drug-likeness (QED) is 0.703. The van der Waals surface area contributed by atoms with Crippen LogP contribution in [0.15, 0.2) is 24.7 Å². The van der Waals surface area contributed by atoms with E-state index in [0.29, 0.717) is 16.7 Å². The van der Waals surface area contributed by atoms with Gasteiger partial charge >= 0.3 is 0 Å². The predicted molar refractivity (Wildman–Crippen MR) is 73.6 cm³/mol. The molecule has 2 N–H and O–H groups in total. The van der Waals surface area contributed by atoms with Crippen molar-refractivity contribution in [2.45, 2.75) is 6.92 Å². The van der Waals surface area contributed by atoms with Crippen LogP contribution in [0.1, 0.15) is 16.1 Å². The molecule has 0 saturated carbocycles. The number of pyridine rings is 1. The van der Waals surface area contributed by atoms with Crippen LogP contribution in [-0.4, -0.2) is 30.8 Å². The van der Waals surface area contributed by atoms with Crippen molar-refractivity contribution < 1.29 is 4.79 Å². The summed E-state index contributed by atoms with van der Waals surface area (Å²) in [4.78, 5) is 30.9. The molecule has 3 aromatic rings. The Morgan fingerprint density at radius 3 is 2.90 bits per heavy atom. The lowest BCUT2D eigenvalue weighted by atomic mass is 10.2. The SMILES string of the molecule is Cc1ccc(C(=O)Nc2nc(Cl)c3[nH]cnc3n2)cn1. The Morgan fingerprint density at radius 2 is 2.15 bits per heavy atom. The van der Waals surface area contributed by atoms with Gasteiger partial charge in [0.25, 0.3) is 5.91 Å². The first kappa shape index (κ1) is 12.5. The summed E-state index contributed by atoms with van der Waals surface area (Å²) in [6.07, 6.45) is 2.94. The van der Waals surface area contributed by atoms with Crippen LogP contribution in [0.2, 0.25) is 5.15 Å². The smallest absolute Gasteiger partial charge is 0.259 e. The predicted octanol–water partition coefficient (Wildman–Crippen LogP) is 1.96. The number of H-pyrrole nitrogens is 1. The number of imidazole rings is 1. The second-order valence-corrected chi connectivity index (χ2v) is 4.44. The molecule has 7 nitrogen and oxygen atoms in total. The highest BCUT2D eigenvalue weighted by molar-refractivity contribution is 6.33. The highest BCUT2D eigenvalue weighted by Gasteiger charge is 2.12. The molecule has 3 heterocycles. The van der Waals surface area contributed by atoms with E-state index in [4.69, 9.17) is 11.6 Å². The standard InChI is InChI=1S/C12H9ClN6O/c1-6-2-3-7(4-14-6)11(20)19-12-17-9(13)8-10(18-12)16-5-15-8/h2-5H,1H3,(H2,15,16,17,18,19,20). The van der Waals surface area contributed by atoms with Crippen molar-refractivity contribution in [1.29, 1.82) is 0 Å². The van der Waals surface area contributed by atoms with Gasteiger partial charge in [0.15, 0.2) is 10.8 Å². The van der Waals surface area contributed by atoms with Crippen molar-refractivity contribution in [2.24, 2.45) is 0 Å². The lowest BCUT2D eigenvalue weighted by Crippen LogP contribution is -2.14. The van der Waals surface area contributed by atoms with Crippen molar-refractivity contribution in [2.75, 3.05) is 5.32 Å². The fraction of sp³-hybridized carbons (Fsp3) is 0.0833. The average Bonchev–Trinajstić information content (AvgIpc) is 2.88. The Morgan fingerprint density at radius 1 is 1.30 bits per heavy atom. The number of halogens is 1. The van der Waals surface area contributed by atoms with Crippen molar-refractivity contribution in [3.05, 3.63) is 41.1 Å². The lowest BCUT2D eigenvalue weighted by molar-refractivity contribution is 0.102. The maximum absolute atomic E-state index is 12.0. The van der Waals surface area contributed by atoms with Gasteiger partial charge in [0.2, 0.25) is 5.95 Å². The Balaban J connectivity index is 1.88. The number of anilines is 1. The van der Waals surface area contributed by atoms with Crippen molar-refractivity contribution >= 4 is 34.6 Å². The highest BCUT2D eigenvalue weighted by atomic mass is 35.5. The minimum absolute atomic E-state index is 0.0974. The molecule has 100 valence electrons. The molecule has 8 heteroatoms. The van der Waals surface area contributed by atoms with E-state index in [1.165, 1.54) is 12.5 Å². The van der Waals surface area contributed by atoms with Crippen LogP contribution in [0.4, 0.5) is 5.95 Å². The van der Waals surface area contributed by atoms with Gasteiger partial charge < -0.3 is 4.98 Å². The lowest BCUT2D eigenvalue weighted by Gasteiger charge is -2.04. The van der Waals surface area contributed by atoms with Gasteiger partial charge in [0.05, 0.1) is 11.9 Å². The molecule has 0 spiro atoms. The first-order chi connectivity index (χ1) is 9.63. The Labute approximate surface area is 118 Å². The summed E-state index contributed by atoms with van der Waals surface area (Å²) in [5, 5.41) is 2.76. The third-order valence-electron chi connectivity index (χ3n) is 2.64. The number of nitrogens with one attached hydrogen (secondary N) is 2. The van der Waals surface area contributed by atoms with E-state index in [-0.39, 0.29) is 17.0 Å². The molecule has 0 radical (unpaired) electrons. The van der Waals surface area contributed by atoms with Gasteiger partial charge in [-0.1, -0.05) is 11.6 Å². The molecular formula is C12H9ClN6O. The molecule has 0 aliphatic carbocycles. The van der Waals surface area contributed by atoms with Crippen LogP contribution in [0, 0.1) is 6.92 Å². The largest absolute Gasteiger partial charge is 0.341 e. The van der Waals surface area contributed by atoms with Crippen LogP contribution >= 0.6 is 11.6 Å². The molecule has 0 saturated heterocycles. The van der Waals surface area contributed by atoms with E-state index in [0.717, 1.165) is 5.69 Å². The maximum atomic E-state index is 12.0. The minimum atomic E-state index is -0.358. The molecular weight excluding hydrogens is 280 g/mol. The summed E-state index contributed by atoms with van der Waals surface area (Å²) in [6.45, 7) is 1.84. The fourth-order valence-corrected chi connectivity index (χ4v) is 1.85. The van der Waals surface area contributed by atoms with Gasteiger partial charge in [-0.3, -0.25) is 15.1 Å². The third-order valence-corrected chi connectivity index (χ3v) is 2.91. The zero-order valence-corrected chi connectivity index (χ0v) is 11.1. The number of aromatic amines is 1. The summed E-state index contributed by atoms with van der Waals surface area (Å²) in [5.41, 5.74) is 2.17. The summed E-state index contributed by atoms with van der Waals surface area (Å²) in [7, 11) is 0. The van der Waals surface area contributed by atoms with Gasteiger partial charge in [-0.2, -0.15) is 9.97 Å². The van der Waals surface area contributed by atoms with Gasteiger partial charge in [-0.15, -0.1) is 0 Å². The number of hydrogen-bond acceptors (Lipinski definition) is 5. The third kappa shape index (κ3) is 2.30. The van der Waals surface area contributed by atoms with E-state index in [9.17, 15) is 4.79 Å². The monoisotopic (exact) mass is 288 g/mol. The molecule has 0 aliphatic rings. The van der Waals surface area contributed by atoms with Crippen molar-refractivity contribution in [1.82, 2.24) is 24.9 Å². The number of carbonyl (C=O) groups is 1. The van der Waals surface area contributed by atoms with E-state index in [1.54, 1.807) is 12.1 Å². The zero-order chi connectivity index (χ0) is 14.1. The van der Waals surface area contributed by atoms with Crippen LogP contribution in [0.3, 0.4) is 0 Å². The van der Waals surface area contributed by atoms with Gasteiger partial charge in [0.1, 0.15) is 5.52 Å². The van der Waals surface area contributed by atoms with Crippen LogP contribution in [-0.2, 0) is 0 Å². The average molecular weight is 289 g/mol. The first-order valence-corrected chi connectivity index (χ1v) is 6.12. The molecule has 0 fully saturated rings.